The molecule has 9 heteroatoms. The van der Waals surface area contributed by atoms with Crippen LogP contribution in [0.1, 0.15) is 5.56 Å². The van der Waals surface area contributed by atoms with E-state index in [0.29, 0.717) is 9.01 Å². The summed E-state index contributed by atoms with van der Waals surface area (Å²) in [5.41, 5.74) is -0.817. The number of hydrogen-bond acceptors (Lipinski definition) is 3. The Labute approximate surface area is 128 Å². The van der Waals surface area contributed by atoms with Gasteiger partial charge in [-0.3, -0.25) is 0 Å². The molecule has 0 N–H and O–H groups in total. The molecule has 0 amide bonds. The van der Waals surface area contributed by atoms with E-state index in [2.05, 4.69) is 4.99 Å². The summed E-state index contributed by atoms with van der Waals surface area (Å²) in [6, 6.07) is 2.92. The van der Waals surface area contributed by atoms with Crippen molar-refractivity contribution in [1.29, 1.82) is 0 Å². The Morgan fingerprint density at radius 3 is 2.26 bits per heavy atom. The summed E-state index contributed by atoms with van der Waals surface area (Å²) in [7, 11) is 2.35. The van der Waals surface area contributed by atoms with E-state index < -0.39 is 11.7 Å². The second-order valence-corrected chi connectivity index (χ2v) is 6.85. The quantitative estimate of drug-likeness (QED) is 0.549. The highest BCUT2D eigenvalue weighted by Crippen LogP contribution is 2.35. The Morgan fingerprint density at radius 1 is 1.05 bits per heavy atom. The van der Waals surface area contributed by atoms with Gasteiger partial charge in [0.1, 0.15) is 14.0 Å². The fourth-order valence-corrected chi connectivity index (χ4v) is 4.09. The van der Waals surface area contributed by atoms with Gasteiger partial charge in [0.25, 0.3) is 0 Å². The SMILES string of the molecule is FC(F)(F)c1ccc(Cl)c(N=c2ssc(Cl)c2Cl)c1. The van der Waals surface area contributed by atoms with Gasteiger partial charge >= 0.3 is 6.18 Å². The molecule has 102 valence electrons. The van der Waals surface area contributed by atoms with Gasteiger partial charge in [-0.25, -0.2) is 4.99 Å². The number of rotatable bonds is 1. The van der Waals surface area contributed by atoms with Crippen LogP contribution in [0.3, 0.4) is 0 Å². The molecule has 1 aromatic carbocycles. The van der Waals surface area contributed by atoms with E-state index in [0.717, 1.165) is 28.5 Å². The molecule has 1 nitrogen and oxygen atoms in total. The minimum Gasteiger partial charge on any atom is -0.234 e. The highest BCUT2D eigenvalue weighted by atomic mass is 35.5. The Morgan fingerprint density at radius 2 is 1.74 bits per heavy atom. The summed E-state index contributed by atoms with van der Waals surface area (Å²) in [5.74, 6) is 0. The molecule has 19 heavy (non-hydrogen) atoms. The molecule has 0 bridgehead atoms. The van der Waals surface area contributed by atoms with E-state index in [4.69, 9.17) is 34.8 Å². The van der Waals surface area contributed by atoms with Crippen molar-refractivity contribution in [2.24, 2.45) is 4.99 Å². The number of hydrogen-bond donors (Lipinski definition) is 0. The average Bonchev–Trinajstić information content (AvgIpc) is 2.62. The van der Waals surface area contributed by atoms with Crippen LogP contribution in [0.5, 0.6) is 0 Å². The monoisotopic (exact) mass is 363 g/mol. The summed E-state index contributed by atoms with van der Waals surface area (Å²) < 4.78 is 38.5. The second-order valence-electron chi connectivity index (χ2n) is 3.34. The molecular formula is C10H3Cl3F3NS2. The maximum absolute atomic E-state index is 12.6. The van der Waals surface area contributed by atoms with Crippen molar-refractivity contribution >= 4 is 61.2 Å². The van der Waals surface area contributed by atoms with Crippen LogP contribution in [0, 0.1) is 0 Å². The van der Waals surface area contributed by atoms with Crippen molar-refractivity contribution < 1.29 is 13.2 Å². The summed E-state index contributed by atoms with van der Waals surface area (Å²) >= 11 is 17.5. The van der Waals surface area contributed by atoms with Crippen LogP contribution in [0.4, 0.5) is 18.9 Å². The van der Waals surface area contributed by atoms with Gasteiger partial charge in [-0.05, 0) is 18.2 Å². The third kappa shape index (κ3) is 3.44. The molecule has 0 saturated carbocycles. The smallest absolute Gasteiger partial charge is 0.234 e. The third-order valence-corrected chi connectivity index (χ3v) is 5.86. The first-order valence-electron chi connectivity index (χ1n) is 4.64. The van der Waals surface area contributed by atoms with Gasteiger partial charge in [0.2, 0.25) is 0 Å². The van der Waals surface area contributed by atoms with Crippen molar-refractivity contribution in [3.8, 4) is 0 Å². The number of nitrogens with zero attached hydrogens (tertiary/aromatic N) is 1. The Hall–Kier alpha value is -0.270. The van der Waals surface area contributed by atoms with E-state index in [1.54, 1.807) is 0 Å². The molecule has 0 radical (unpaired) electrons. The van der Waals surface area contributed by atoms with Crippen LogP contribution in [0.2, 0.25) is 14.4 Å². The predicted octanol–water partition coefficient (Wildman–Crippen LogP) is 6.02. The zero-order valence-corrected chi connectivity index (χ0v) is 12.7. The van der Waals surface area contributed by atoms with E-state index >= 15 is 0 Å². The van der Waals surface area contributed by atoms with Gasteiger partial charge in [-0.1, -0.05) is 55.5 Å². The van der Waals surface area contributed by atoms with Crippen LogP contribution >= 0.6 is 55.5 Å². The van der Waals surface area contributed by atoms with Crippen LogP contribution in [0.25, 0.3) is 0 Å². The van der Waals surface area contributed by atoms with Gasteiger partial charge in [0.05, 0.1) is 16.3 Å². The lowest BCUT2D eigenvalue weighted by atomic mass is 10.2. The topological polar surface area (TPSA) is 12.4 Å². The van der Waals surface area contributed by atoms with Gasteiger partial charge in [0, 0.05) is 0 Å². The number of benzene rings is 1. The Balaban J connectivity index is 2.57. The minimum absolute atomic E-state index is 0.00380. The zero-order chi connectivity index (χ0) is 14.2. The van der Waals surface area contributed by atoms with Gasteiger partial charge in [-0.2, -0.15) is 13.2 Å². The minimum atomic E-state index is -4.45. The predicted molar refractivity (Wildman–Crippen MR) is 73.9 cm³/mol. The fraction of sp³-hybridized carbons (Fsp3) is 0.100. The highest BCUT2D eigenvalue weighted by molar-refractivity contribution is 7.69. The van der Waals surface area contributed by atoms with Crippen LogP contribution < -0.4 is 4.67 Å². The van der Waals surface area contributed by atoms with E-state index in [9.17, 15) is 13.2 Å². The van der Waals surface area contributed by atoms with E-state index in [1.165, 1.54) is 10.3 Å². The molecule has 2 rings (SSSR count). The lowest BCUT2D eigenvalue weighted by molar-refractivity contribution is -0.137. The molecule has 0 aliphatic carbocycles. The molecule has 1 heterocycles. The first-order chi connectivity index (χ1) is 8.79. The lowest BCUT2D eigenvalue weighted by Gasteiger charge is -2.07. The van der Waals surface area contributed by atoms with Crippen molar-refractivity contribution in [3.05, 3.63) is 42.8 Å². The molecule has 0 unspecified atom stereocenters. The van der Waals surface area contributed by atoms with Crippen molar-refractivity contribution in [2.75, 3.05) is 0 Å². The normalized spacial score (nSPS) is 13.1. The Kier molecular flexibility index (Phi) is 4.47. The largest absolute Gasteiger partial charge is 0.416 e. The molecule has 2 aromatic rings. The van der Waals surface area contributed by atoms with Crippen LogP contribution in [-0.4, -0.2) is 0 Å². The summed E-state index contributed by atoms with van der Waals surface area (Å²) in [5, 5.41) is 0.323. The number of alkyl halides is 3. The average molecular weight is 365 g/mol. The van der Waals surface area contributed by atoms with E-state index in [-0.39, 0.29) is 15.7 Å². The molecular weight excluding hydrogens is 362 g/mol. The van der Waals surface area contributed by atoms with Crippen molar-refractivity contribution in [2.45, 2.75) is 6.18 Å². The first kappa shape index (κ1) is 15.1. The van der Waals surface area contributed by atoms with Gasteiger partial charge < -0.3 is 0 Å². The maximum Gasteiger partial charge on any atom is 0.416 e. The summed E-state index contributed by atoms with van der Waals surface area (Å²) in [6.45, 7) is 0. The zero-order valence-electron chi connectivity index (χ0n) is 8.76. The first-order valence-corrected chi connectivity index (χ1v) is 7.93. The highest BCUT2D eigenvalue weighted by Gasteiger charge is 2.30. The van der Waals surface area contributed by atoms with Crippen LogP contribution in [0.15, 0.2) is 23.2 Å². The molecule has 1 aromatic heterocycles. The molecule has 0 aliphatic heterocycles. The third-order valence-electron chi connectivity index (χ3n) is 2.05. The summed E-state index contributed by atoms with van der Waals surface area (Å²) in [4.78, 5) is 4.02. The van der Waals surface area contributed by atoms with Gasteiger partial charge in [0.15, 0.2) is 0 Å². The van der Waals surface area contributed by atoms with E-state index in [1.807, 2.05) is 0 Å². The molecule has 0 aliphatic rings. The Bertz CT molecular complexity index is 675. The van der Waals surface area contributed by atoms with Gasteiger partial charge in [-0.15, -0.1) is 0 Å². The number of halogens is 6. The van der Waals surface area contributed by atoms with Crippen LogP contribution in [-0.2, 0) is 6.18 Å². The summed E-state index contributed by atoms with van der Waals surface area (Å²) in [6.07, 6.45) is -4.45. The standard InChI is InChI=1S/C10H3Cl3F3NS2/c11-5-2-1-4(10(14,15)16)3-6(5)17-9-7(12)8(13)18-19-9/h1-3H. The van der Waals surface area contributed by atoms with Crippen molar-refractivity contribution in [1.82, 2.24) is 0 Å². The molecule has 0 fully saturated rings. The molecule has 0 atom stereocenters. The van der Waals surface area contributed by atoms with Crippen molar-refractivity contribution in [3.63, 3.8) is 0 Å². The fourth-order valence-electron chi connectivity index (χ4n) is 1.19. The molecule has 0 saturated heterocycles. The lowest BCUT2D eigenvalue weighted by Crippen LogP contribution is -2.04. The molecule has 0 spiro atoms. The maximum atomic E-state index is 12.6. The second kappa shape index (κ2) is 5.61.